The van der Waals surface area contributed by atoms with Crippen LogP contribution in [0.5, 0.6) is 5.88 Å². The van der Waals surface area contributed by atoms with Crippen LogP contribution in [0.2, 0.25) is 0 Å². The third-order valence-corrected chi connectivity index (χ3v) is 6.96. The van der Waals surface area contributed by atoms with Crippen LogP contribution in [0.4, 0.5) is 16.2 Å². The van der Waals surface area contributed by atoms with Gasteiger partial charge in [-0.1, -0.05) is 12.1 Å². The maximum atomic E-state index is 13.2. The zero-order valence-corrected chi connectivity index (χ0v) is 21.9. The fourth-order valence-corrected chi connectivity index (χ4v) is 5.07. The molecule has 0 saturated heterocycles. The van der Waals surface area contributed by atoms with E-state index in [4.69, 9.17) is 4.74 Å². The highest BCUT2D eigenvalue weighted by Crippen LogP contribution is 2.35. The molecule has 5 rings (SSSR count). The maximum absolute atomic E-state index is 13.2. The lowest BCUT2D eigenvalue weighted by Gasteiger charge is -2.28. The minimum atomic E-state index is -0.525. The lowest BCUT2D eigenvalue weighted by molar-refractivity contribution is -0.121. The van der Waals surface area contributed by atoms with Gasteiger partial charge in [0.1, 0.15) is 11.9 Å². The summed E-state index contributed by atoms with van der Waals surface area (Å²) in [4.78, 5) is 36.7. The van der Waals surface area contributed by atoms with Crippen LogP contribution >= 0.6 is 0 Å². The summed E-state index contributed by atoms with van der Waals surface area (Å²) in [6.07, 6.45) is 6.21. The van der Waals surface area contributed by atoms with Crippen molar-refractivity contribution in [2.24, 2.45) is 21.8 Å². The van der Waals surface area contributed by atoms with Gasteiger partial charge in [0.25, 0.3) is 0 Å². The number of fused-ring (bicyclic) bond motifs is 2. The van der Waals surface area contributed by atoms with Crippen molar-refractivity contribution in [1.82, 2.24) is 10.3 Å². The Morgan fingerprint density at radius 3 is 2.71 bits per heavy atom. The molecule has 38 heavy (non-hydrogen) atoms. The summed E-state index contributed by atoms with van der Waals surface area (Å²) in [7, 11) is 0. The number of rotatable bonds is 5. The molecule has 1 fully saturated rings. The molecule has 1 saturated carbocycles. The van der Waals surface area contributed by atoms with Crippen molar-refractivity contribution in [3.8, 4) is 5.88 Å². The zero-order valence-electron chi connectivity index (χ0n) is 21.9. The first kappa shape index (κ1) is 25.5. The average molecular weight is 516 g/mol. The number of aromatic hydroxyl groups is 1. The number of nitrogens with one attached hydrogen (secondary N) is 3. The van der Waals surface area contributed by atoms with Gasteiger partial charge in [0.05, 0.1) is 22.2 Å². The summed E-state index contributed by atoms with van der Waals surface area (Å²) in [5, 5.41) is 19.1. The summed E-state index contributed by atoms with van der Waals surface area (Å²) >= 11 is 0. The second-order valence-electron chi connectivity index (χ2n) is 11.0. The molecule has 9 heteroatoms. The molecule has 198 valence electrons. The van der Waals surface area contributed by atoms with Crippen molar-refractivity contribution < 1.29 is 19.4 Å². The van der Waals surface area contributed by atoms with E-state index in [-0.39, 0.29) is 17.7 Å². The van der Waals surface area contributed by atoms with Gasteiger partial charge in [-0.15, -0.1) is 0 Å². The number of hydrogen-bond donors (Lipinski definition) is 4. The number of ether oxygens (including phenoxy) is 1. The van der Waals surface area contributed by atoms with Gasteiger partial charge < -0.3 is 25.5 Å². The van der Waals surface area contributed by atoms with Crippen LogP contribution in [-0.2, 0) is 9.53 Å². The van der Waals surface area contributed by atoms with Gasteiger partial charge in [-0.05, 0) is 87.9 Å². The number of aromatic amines is 1. The molecule has 0 bridgehead atoms. The lowest BCUT2D eigenvalue weighted by Crippen LogP contribution is -2.37. The van der Waals surface area contributed by atoms with Crippen LogP contribution in [-0.4, -0.2) is 40.6 Å². The lowest BCUT2D eigenvalue weighted by atomic mass is 9.81. The number of aromatic nitrogens is 1. The van der Waals surface area contributed by atoms with Crippen molar-refractivity contribution in [3.05, 3.63) is 52.5 Å². The highest BCUT2D eigenvalue weighted by molar-refractivity contribution is 6.06. The molecule has 1 aliphatic carbocycles. The molecule has 0 unspecified atom stereocenters. The third-order valence-electron chi connectivity index (χ3n) is 6.96. The molecule has 2 amide bonds. The van der Waals surface area contributed by atoms with E-state index >= 15 is 0 Å². The molecule has 4 N–H and O–H groups in total. The Morgan fingerprint density at radius 2 is 1.95 bits per heavy atom. The fraction of sp³-hybridized carbons (Fsp3) is 0.379. The topological polar surface area (TPSA) is 128 Å². The van der Waals surface area contributed by atoms with Crippen LogP contribution in [0.3, 0.4) is 0 Å². The molecule has 1 aliphatic heterocycles. The first-order chi connectivity index (χ1) is 18.2. The number of anilines is 1. The van der Waals surface area contributed by atoms with Crippen molar-refractivity contribution in [2.45, 2.75) is 52.1 Å². The quantitative estimate of drug-likeness (QED) is 0.405. The molecule has 2 heterocycles. The molecular weight excluding hydrogens is 482 g/mol. The standard InChI is InChI=1S/C29H33N5O4/c1-29(2,3)38-28(37)30-15-17-7-10-19(11-8-17)26(35)33-22-5-4-6-23-25(22)20(27(36)34-23)13-18-9-12-21-24(14-18)32-16-31-21/h4-6,9,12-14,16-17,19,34,36H,7-8,10-11,15H2,1-3H3,(H,30,37)(H,33,35)/b18-13+. The van der Waals surface area contributed by atoms with Gasteiger partial charge in [0.2, 0.25) is 5.91 Å². The molecule has 2 aliphatic rings. The Labute approximate surface area is 220 Å². The largest absolute Gasteiger partial charge is 0.494 e. The van der Waals surface area contributed by atoms with Crippen molar-refractivity contribution in [2.75, 3.05) is 11.9 Å². The van der Waals surface area contributed by atoms with Crippen molar-refractivity contribution in [1.29, 1.82) is 0 Å². The predicted molar refractivity (Wildman–Crippen MR) is 147 cm³/mol. The molecule has 0 spiro atoms. The molecule has 3 aromatic rings. The summed E-state index contributed by atoms with van der Waals surface area (Å²) in [5.74, 6) is 0.216. The number of benzene rings is 2. The minimum absolute atomic E-state index is 0.0313. The zero-order chi connectivity index (χ0) is 26.9. The number of amides is 2. The summed E-state index contributed by atoms with van der Waals surface area (Å²) in [6.45, 7) is 6.06. The highest BCUT2D eigenvalue weighted by Gasteiger charge is 2.28. The van der Waals surface area contributed by atoms with E-state index in [2.05, 4.69) is 25.6 Å². The summed E-state index contributed by atoms with van der Waals surface area (Å²) in [6, 6.07) is 11.3. The number of nitrogens with zero attached hydrogens (tertiary/aromatic N) is 2. The van der Waals surface area contributed by atoms with E-state index in [1.54, 1.807) is 0 Å². The van der Waals surface area contributed by atoms with Crippen molar-refractivity contribution in [3.63, 3.8) is 0 Å². The van der Waals surface area contributed by atoms with Gasteiger partial charge in [-0.25, -0.2) is 14.8 Å². The molecule has 0 radical (unpaired) electrons. The van der Waals surface area contributed by atoms with Gasteiger partial charge >= 0.3 is 6.09 Å². The number of hydrogen-bond acceptors (Lipinski definition) is 6. The minimum Gasteiger partial charge on any atom is -0.494 e. The average Bonchev–Trinajstić information content (AvgIpc) is 3.46. The van der Waals surface area contributed by atoms with Gasteiger partial charge in [-0.2, -0.15) is 0 Å². The van der Waals surface area contributed by atoms with Crippen molar-refractivity contribution >= 4 is 46.7 Å². The molecule has 2 aromatic carbocycles. The smallest absolute Gasteiger partial charge is 0.407 e. The summed E-state index contributed by atoms with van der Waals surface area (Å²) < 4.78 is 5.31. The second kappa shape index (κ2) is 10.3. The Bertz CT molecular complexity index is 1520. The van der Waals surface area contributed by atoms with Crippen LogP contribution in [0.1, 0.15) is 52.0 Å². The van der Waals surface area contributed by atoms with E-state index in [0.717, 1.165) is 52.8 Å². The van der Waals surface area contributed by atoms with E-state index in [1.165, 1.54) is 6.34 Å². The van der Waals surface area contributed by atoms with Crippen LogP contribution < -0.4 is 21.2 Å². The van der Waals surface area contributed by atoms with E-state index in [0.29, 0.717) is 23.7 Å². The highest BCUT2D eigenvalue weighted by atomic mass is 16.6. The van der Waals surface area contributed by atoms with Crippen LogP contribution in [0, 0.1) is 11.8 Å². The molecule has 9 nitrogen and oxygen atoms in total. The Morgan fingerprint density at radius 1 is 1.16 bits per heavy atom. The van der Waals surface area contributed by atoms with E-state index in [1.807, 2.05) is 63.2 Å². The van der Waals surface area contributed by atoms with Gasteiger partial charge in [-0.3, -0.25) is 4.79 Å². The Balaban J connectivity index is 1.27. The molecule has 0 atom stereocenters. The van der Waals surface area contributed by atoms with E-state index in [9.17, 15) is 14.7 Å². The number of carbonyl (C=O) groups excluding carboxylic acids is 2. The number of H-pyrrole nitrogens is 1. The molecule has 1 aromatic heterocycles. The second-order valence-corrected chi connectivity index (χ2v) is 11.0. The van der Waals surface area contributed by atoms with Gasteiger partial charge in [0.15, 0.2) is 5.88 Å². The number of alkyl carbamates (subject to hydrolysis) is 1. The van der Waals surface area contributed by atoms with Crippen LogP contribution in [0.25, 0.3) is 17.0 Å². The first-order valence-electron chi connectivity index (χ1n) is 13.0. The van der Waals surface area contributed by atoms with Crippen LogP contribution in [0.15, 0.2) is 46.4 Å². The third kappa shape index (κ3) is 5.72. The monoisotopic (exact) mass is 515 g/mol. The normalized spacial score (nSPS) is 19.2. The SMILES string of the molecule is CC(C)(C)OC(=O)NCC1CCC(C(=O)Nc2cccc3[nH]c(O)c(/C=c4\ccc5c(c4)N=CN=5)c23)CC1. The Hall–Kier alpha value is -4.14. The van der Waals surface area contributed by atoms with E-state index < -0.39 is 11.7 Å². The predicted octanol–water partition coefficient (Wildman–Crippen LogP) is 4.26. The van der Waals surface area contributed by atoms with Gasteiger partial charge in [0, 0.05) is 23.4 Å². The number of carbonyl (C=O) groups is 2. The summed E-state index contributed by atoms with van der Waals surface area (Å²) in [5.41, 5.74) is 2.24. The fourth-order valence-electron chi connectivity index (χ4n) is 5.07. The first-order valence-corrected chi connectivity index (χ1v) is 13.0. The maximum Gasteiger partial charge on any atom is 0.407 e. The number of aliphatic imine (C=N–C) groups is 1. The Kier molecular flexibility index (Phi) is 6.93. The molecular formula is C29H33N5O4.